The van der Waals surface area contributed by atoms with Gasteiger partial charge in [-0.25, -0.2) is 0 Å². The Labute approximate surface area is 172 Å². The summed E-state index contributed by atoms with van der Waals surface area (Å²) in [6.07, 6.45) is 3.81. The number of rotatable bonds is 6. The Morgan fingerprint density at radius 1 is 1.36 bits per heavy atom. The first-order chi connectivity index (χ1) is 11.5. The molecule has 25 heavy (non-hydrogen) atoms. The fourth-order valence-electron chi connectivity index (χ4n) is 2.85. The third kappa shape index (κ3) is 7.60. The van der Waals surface area contributed by atoms with Crippen LogP contribution in [0.2, 0.25) is 0 Å². The van der Waals surface area contributed by atoms with E-state index in [2.05, 4.69) is 31.0 Å². The smallest absolute Gasteiger partial charge is 0.250 e. The first-order valence-electron chi connectivity index (χ1n) is 8.84. The number of pyridine rings is 1. The molecule has 2 heterocycles. The van der Waals surface area contributed by atoms with Crippen molar-refractivity contribution in [1.82, 2.24) is 14.8 Å². The molecule has 7 heteroatoms. The third-order valence-electron chi connectivity index (χ3n) is 4.03. The van der Waals surface area contributed by atoms with E-state index in [-0.39, 0.29) is 34.3 Å². The topological polar surface area (TPSA) is 49.6 Å². The van der Waals surface area contributed by atoms with Crippen molar-refractivity contribution < 1.29 is 0 Å². The predicted molar refractivity (Wildman–Crippen MR) is 119 cm³/mol. The molecule has 1 saturated heterocycles. The molecular weight excluding hydrogens is 447 g/mol. The van der Waals surface area contributed by atoms with Crippen molar-refractivity contribution in [2.75, 3.05) is 31.9 Å². The lowest BCUT2D eigenvalue weighted by atomic mass is 10.2. The molecule has 0 aromatic carbocycles. The van der Waals surface area contributed by atoms with E-state index < -0.39 is 0 Å². The van der Waals surface area contributed by atoms with Crippen LogP contribution >= 0.6 is 35.7 Å². The summed E-state index contributed by atoms with van der Waals surface area (Å²) in [6, 6.07) is 5.29. The Balaban J connectivity index is 0.00000312. The average molecular weight is 478 g/mol. The zero-order chi connectivity index (χ0) is 17.4. The lowest BCUT2D eigenvalue weighted by molar-refractivity contribution is 0.375. The molecular formula is C18H31IN4OS. The predicted octanol–water partition coefficient (Wildman–Crippen LogP) is 3.04. The van der Waals surface area contributed by atoms with E-state index in [0.29, 0.717) is 0 Å². The fourth-order valence-corrected chi connectivity index (χ4v) is 3.96. The van der Waals surface area contributed by atoms with Gasteiger partial charge in [-0.2, -0.15) is 11.8 Å². The van der Waals surface area contributed by atoms with E-state index in [1.165, 1.54) is 0 Å². The zero-order valence-corrected chi connectivity index (χ0v) is 18.7. The molecule has 1 fully saturated rings. The van der Waals surface area contributed by atoms with Crippen LogP contribution in [0.5, 0.6) is 0 Å². The van der Waals surface area contributed by atoms with Gasteiger partial charge < -0.3 is 14.8 Å². The Kier molecular flexibility index (Phi) is 9.92. The number of nitrogens with one attached hydrogen (secondary N) is 1. The van der Waals surface area contributed by atoms with Crippen LogP contribution in [0.3, 0.4) is 0 Å². The lowest BCUT2D eigenvalue weighted by Gasteiger charge is -2.39. The van der Waals surface area contributed by atoms with Crippen LogP contribution < -0.4 is 10.9 Å². The number of hydrogen-bond acceptors (Lipinski definition) is 3. The van der Waals surface area contributed by atoms with Crippen LogP contribution in [0.15, 0.2) is 34.2 Å². The summed E-state index contributed by atoms with van der Waals surface area (Å²) in [4.78, 5) is 18.8. The third-order valence-corrected chi connectivity index (χ3v) is 5.33. The normalized spacial score (nSPS) is 17.1. The van der Waals surface area contributed by atoms with Crippen LogP contribution in [-0.4, -0.2) is 52.1 Å². The maximum Gasteiger partial charge on any atom is 0.250 e. The van der Waals surface area contributed by atoms with Crippen molar-refractivity contribution >= 4 is 41.7 Å². The Morgan fingerprint density at radius 2 is 2.16 bits per heavy atom. The summed E-state index contributed by atoms with van der Waals surface area (Å²) in [5.41, 5.74) is 0.0717. The molecule has 142 valence electrons. The van der Waals surface area contributed by atoms with Gasteiger partial charge in [0.2, 0.25) is 5.56 Å². The lowest BCUT2D eigenvalue weighted by Crippen LogP contribution is -2.51. The highest BCUT2D eigenvalue weighted by molar-refractivity contribution is 14.0. The number of aliphatic imine (C=N–C) groups is 1. The van der Waals surface area contributed by atoms with Gasteiger partial charge in [-0.3, -0.25) is 9.79 Å². The molecule has 0 spiro atoms. The van der Waals surface area contributed by atoms with Crippen LogP contribution in [0.1, 0.15) is 33.6 Å². The van der Waals surface area contributed by atoms with Gasteiger partial charge in [0.05, 0.1) is 0 Å². The maximum atomic E-state index is 11.7. The van der Waals surface area contributed by atoms with Gasteiger partial charge in [-0.05, 0) is 39.7 Å². The Bertz CT molecular complexity index is 603. The quantitative estimate of drug-likeness (QED) is 0.296. The summed E-state index contributed by atoms with van der Waals surface area (Å²) in [5, 5.41) is 3.42. The number of aromatic nitrogens is 1. The summed E-state index contributed by atoms with van der Waals surface area (Å²) in [6.45, 7) is 11.2. The van der Waals surface area contributed by atoms with Crippen molar-refractivity contribution in [1.29, 1.82) is 0 Å². The van der Waals surface area contributed by atoms with Crippen LogP contribution in [0.25, 0.3) is 0 Å². The minimum absolute atomic E-state index is 0. The van der Waals surface area contributed by atoms with Crippen LogP contribution in [0, 0.1) is 0 Å². The van der Waals surface area contributed by atoms with Gasteiger partial charge in [0.1, 0.15) is 0 Å². The van der Waals surface area contributed by atoms with Gasteiger partial charge >= 0.3 is 0 Å². The zero-order valence-electron chi connectivity index (χ0n) is 15.5. The maximum absolute atomic E-state index is 11.7. The summed E-state index contributed by atoms with van der Waals surface area (Å²) >= 11 is 2.03. The van der Waals surface area contributed by atoms with Crippen molar-refractivity contribution in [3.8, 4) is 0 Å². The summed E-state index contributed by atoms with van der Waals surface area (Å²) in [5.74, 6) is 2.18. The largest absolute Gasteiger partial charge is 0.357 e. The molecule has 0 radical (unpaired) electrons. The van der Waals surface area contributed by atoms with Crippen molar-refractivity contribution in [3.05, 3.63) is 34.7 Å². The molecule has 1 aromatic heterocycles. The molecule has 1 aliphatic heterocycles. The second kappa shape index (κ2) is 11.1. The Hall–Kier alpha value is -0.700. The number of thioether (sulfide) groups is 1. The molecule has 0 amide bonds. The second-order valence-electron chi connectivity index (χ2n) is 6.70. The molecule has 1 N–H and O–H groups in total. The van der Waals surface area contributed by atoms with Gasteiger partial charge in [0, 0.05) is 55.5 Å². The molecule has 0 atom stereocenters. The van der Waals surface area contributed by atoms with Crippen LogP contribution in [0.4, 0.5) is 0 Å². The van der Waals surface area contributed by atoms with Crippen molar-refractivity contribution in [3.63, 3.8) is 0 Å². The number of nitrogens with zero attached hydrogens (tertiary/aromatic N) is 3. The SMILES string of the molecule is CCNC(=NCCCCn1ccccc1=O)N1CCSC(C)(C)C1.I. The Morgan fingerprint density at radius 3 is 2.84 bits per heavy atom. The molecule has 0 unspecified atom stereocenters. The molecule has 1 aromatic rings. The molecule has 5 nitrogen and oxygen atoms in total. The molecule has 1 aliphatic rings. The minimum atomic E-state index is 0. The van der Waals surface area contributed by atoms with E-state index in [1.54, 1.807) is 16.7 Å². The van der Waals surface area contributed by atoms with E-state index in [9.17, 15) is 4.79 Å². The van der Waals surface area contributed by atoms with Crippen molar-refractivity contribution in [2.24, 2.45) is 4.99 Å². The molecule has 0 saturated carbocycles. The van der Waals surface area contributed by atoms with Gasteiger partial charge in [-0.15, -0.1) is 24.0 Å². The number of halogens is 1. The number of hydrogen-bond donors (Lipinski definition) is 1. The minimum Gasteiger partial charge on any atom is -0.357 e. The number of guanidine groups is 1. The average Bonchev–Trinajstić information content (AvgIpc) is 2.54. The van der Waals surface area contributed by atoms with Crippen LogP contribution in [-0.2, 0) is 6.54 Å². The summed E-state index contributed by atoms with van der Waals surface area (Å²) in [7, 11) is 0. The molecule has 2 rings (SSSR count). The molecule has 0 bridgehead atoms. The second-order valence-corrected chi connectivity index (χ2v) is 8.51. The summed E-state index contributed by atoms with van der Waals surface area (Å²) < 4.78 is 2.04. The highest BCUT2D eigenvalue weighted by Crippen LogP contribution is 2.29. The fraction of sp³-hybridized carbons (Fsp3) is 0.667. The van der Waals surface area contributed by atoms with Gasteiger partial charge in [-0.1, -0.05) is 6.07 Å². The highest BCUT2D eigenvalue weighted by atomic mass is 127. The molecule has 0 aliphatic carbocycles. The first-order valence-corrected chi connectivity index (χ1v) is 9.83. The van der Waals surface area contributed by atoms with E-state index in [0.717, 1.165) is 57.3 Å². The standard InChI is InChI=1S/C18H30N4OS.HI/c1-4-19-17(22-13-14-24-18(2,3)15-22)20-10-6-8-12-21-11-7-5-9-16(21)23;/h5,7,9,11H,4,6,8,10,12-15H2,1-3H3,(H,19,20);1H. The monoisotopic (exact) mass is 478 g/mol. The number of unbranched alkanes of at least 4 members (excludes halogenated alkanes) is 1. The number of aryl methyl sites for hydroxylation is 1. The van der Waals surface area contributed by atoms with E-state index in [4.69, 9.17) is 4.99 Å². The van der Waals surface area contributed by atoms with Gasteiger partial charge in [0.15, 0.2) is 5.96 Å². The highest BCUT2D eigenvalue weighted by Gasteiger charge is 2.28. The van der Waals surface area contributed by atoms with E-state index >= 15 is 0 Å². The van der Waals surface area contributed by atoms with Crippen molar-refractivity contribution in [2.45, 2.75) is 44.9 Å². The first kappa shape index (κ1) is 22.3. The van der Waals surface area contributed by atoms with Gasteiger partial charge in [0.25, 0.3) is 0 Å². The van der Waals surface area contributed by atoms with E-state index in [1.807, 2.05) is 24.0 Å².